The van der Waals surface area contributed by atoms with Gasteiger partial charge in [0.15, 0.2) is 5.75 Å². The number of aryl methyl sites for hydroxylation is 2. The molecule has 1 aromatic rings. The van der Waals surface area contributed by atoms with Crippen LogP contribution >= 0.6 is 30.1 Å². The van der Waals surface area contributed by atoms with Crippen LogP contribution in [0.2, 0.25) is 0 Å². The van der Waals surface area contributed by atoms with Crippen LogP contribution in [0.25, 0.3) is 0 Å². The zero-order valence-electron chi connectivity index (χ0n) is 9.21. The third-order valence-corrected chi connectivity index (χ3v) is 5.00. The normalized spacial score (nSPS) is 12.6. The minimum Gasteiger partial charge on any atom is -0.375 e. The first-order chi connectivity index (χ1) is 8.10. The second-order valence-electron chi connectivity index (χ2n) is 3.42. The lowest BCUT2D eigenvalue weighted by Crippen LogP contribution is -2.28. The van der Waals surface area contributed by atoms with Crippen LogP contribution in [0.15, 0.2) is 17.0 Å². The summed E-state index contributed by atoms with van der Waals surface area (Å²) in [5, 5.41) is 0. The van der Waals surface area contributed by atoms with Crippen LogP contribution in [0.4, 0.5) is 13.2 Å². The number of hydrogen-bond donors (Lipinski definition) is 0. The molecule has 0 aliphatic rings. The third-order valence-electron chi connectivity index (χ3n) is 2.06. The van der Waals surface area contributed by atoms with Gasteiger partial charge in [0.1, 0.15) is 0 Å². The summed E-state index contributed by atoms with van der Waals surface area (Å²) in [5.41, 5.74) is -4.46. The summed E-state index contributed by atoms with van der Waals surface area (Å²) in [4.78, 5) is 0.364. The first-order valence-electron chi connectivity index (χ1n) is 4.49. The molecular formula is C9H8F3IO3S2. The Kier molecular flexibility index (Phi) is 4.81. The van der Waals surface area contributed by atoms with Gasteiger partial charge in [-0.1, -0.05) is 12.1 Å². The summed E-state index contributed by atoms with van der Waals surface area (Å²) < 4.78 is 63.0. The molecule has 102 valence electrons. The van der Waals surface area contributed by atoms with E-state index in [4.69, 9.17) is 0 Å². The van der Waals surface area contributed by atoms with Crippen LogP contribution in [0.3, 0.4) is 0 Å². The van der Waals surface area contributed by atoms with E-state index in [9.17, 15) is 21.6 Å². The van der Waals surface area contributed by atoms with Gasteiger partial charge < -0.3 is 4.18 Å². The van der Waals surface area contributed by atoms with Crippen molar-refractivity contribution in [3.8, 4) is 5.75 Å². The molecule has 0 atom stereocenters. The molecule has 0 saturated heterocycles. The Morgan fingerprint density at radius 1 is 1.22 bits per heavy atom. The second-order valence-corrected chi connectivity index (χ2v) is 6.84. The van der Waals surface area contributed by atoms with Crippen molar-refractivity contribution in [3.05, 3.63) is 23.3 Å². The highest BCUT2D eigenvalue weighted by atomic mass is 127. The first kappa shape index (κ1) is 15.9. The van der Waals surface area contributed by atoms with Crippen LogP contribution < -0.4 is 4.18 Å². The van der Waals surface area contributed by atoms with Gasteiger partial charge in [-0.2, -0.15) is 21.6 Å². The van der Waals surface area contributed by atoms with Crippen LogP contribution in [0, 0.1) is 13.8 Å². The molecule has 0 fully saturated rings. The van der Waals surface area contributed by atoms with E-state index in [0.29, 0.717) is 16.0 Å². The van der Waals surface area contributed by atoms with Gasteiger partial charge in [0, 0.05) is 21.2 Å². The highest BCUT2D eigenvalue weighted by Gasteiger charge is 2.49. The molecule has 0 spiro atoms. The predicted octanol–water partition coefficient (Wildman–Crippen LogP) is 3.97. The molecule has 0 aromatic heterocycles. The third kappa shape index (κ3) is 3.23. The van der Waals surface area contributed by atoms with Crippen molar-refractivity contribution >= 4 is 40.3 Å². The SMILES string of the molecule is Cc1ccc(C)c(SI)c1OS(=O)(=O)C(F)(F)F. The number of halogens is 4. The molecule has 0 saturated carbocycles. The molecule has 3 nitrogen and oxygen atoms in total. The molecule has 0 N–H and O–H groups in total. The van der Waals surface area contributed by atoms with Crippen LogP contribution in [0.5, 0.6) is 5.75 Å². The molecule has 0 amide bonds. The maximum atomic E-state index is 12.3. The van der Waals surface area contributed by atoms with Crippen molar-refractivity contribution < 1.29 is 25.8 Å². The van der Waals surface area contributed by atoms with Gasteiger partial charge in [-0.3, -0.25) is 0 Å². The summed E-state index contributed by atoms with van der Waals surface area (Å²) in [6.07, 6.45) is 0. The van der Waals surface area contributed by atoms with Gasteiger partial charge in [0.05, 0.1) is 4.90 Å². The molecular weight excluding hydrogens is 404 g/mol. The maximum absolute atomic E-state index is 12.3. The second kappa shape index (κ2) is 5.45. The van der Waals surface area contributed by atoms with Crippen molar-refractivity contribution in [2.24, 2.45) is 0 Å². The lowest BCUT2D eigenvalue weighted by Gasteiger charge is -2.15. The Morgan fingerprint density at radius 2 is 1.72 bits per heavy atom. The van der Waals surface area contributed by atoms with Gasteiger partial charge in [0.25, 0.3) is 0 Å². The van der Waals surface area contributed by atoms with Crippen molar-refractivity contribution in [2.75, 3.05) is 0 Å². The lowest BCUT2D eigenvalue weighted by molar-refractivity contribution is -0.0501. The Hall–Kier alpha value is -0.160. The van der Waals surface area contributed by atoms with Gasteiger partial charge in [-0.15, -0.1) is 0 Å². The van der Waals surface area contributed by atoms with Crippen LogP contribution in [-0.4, -0.2) is 13.9 Å². The van der Waals surface area contributed by atoms with Gasteiger partial charge in [0.2, 0.25) is 0 Å². The van der Waals surface area contributed by atoms with Gasteiger partial charge in [-0.25, -0.2) is 0 Å². The minimum atomic E-state index is -5.64. The van der Waals surface area contributed by atoms with Crippen LogP contribution in [0.1, 0.15) is 11.1 Å². The topological polar surface area (TPSA) is 43.4 Å². The molecule has 9 heteroatoms. The zero-order chi connectivity index (χ0) is 14.1. The van der Waals surface area contributed by atoms with Gasteiger partial charge in [-0.05, 0) is 33.9 Å². The van der Waals surface area contributed by atoms with Gasteiger partial charge >= 0.3 is 15.6 Å². The molecule has 1 rings (SSSR count). The summed E-state index contributed by atoms with van der Waals surface area (Å²) in [5.74, 6) is -0.272. The fraction of sp³-hybridized carbons (Fsp3) is 0.333. The number of hydrogen-bond acceptors (Lipinski definition) is 4. The van der Waals surface area contributed by atoms with E-state index in [1.807, 2.05) is 21.2 Å². The van der Waals surface area contributed by atoms with Crippen molar-refractivity contribution in [1.82, 2.24) is 0 Å². The first-order valence-corrected chi connectivity index (χ1v) is 9.26. The maximum Gasteiger partial charge on any atom is 0.534 e. The van der Waals surface area contributed by atoms with E-state index in [-0.39, 0.29) is 5.75 Å². The molecule has 18 heavy (non-hydrogen) atoms. The van der Waals surface area contributed by atoms with Crippen molar-refractivity contribution in [3.63, 3.8) is 0 Å². The standard InChI is InChI=1S/C9H8F3IO3S2/c1-5-3-4-6(2)8(17-13)7(5)16-18(14,15)9(10,11)12/h3-4H,1-2H3. The van der Waals surface area contributed by atoms with E-state index >= 15 is 0 Å². The highest BCUT2D eigenvalue weighted by Crippen LogP contribution is 2.41. The predicted molar refractivity (Wildman–Crippen MR) is 71.4 cm³/mol. The molecule has 0 unspecified atom stereocenters. The Labute approximate surface area is 119 Å². The van der Waals surface area contributed by atoms with Crippen LogP contribution in [-0.2, 0) is 10.1 Å². The summed E-state index contributed by atoms with van der Waals surface area (Å²) in [6.45, 7) is 3.14. The Bertz CT molecular complexity index is 555. The fourth-order valence-corrected chi connectivity index (χ4v) is 3.80. The number of alkyl halides is 3. The molecule has 0 radical (unpaired) electrons. The molecule has 1 aromatic carbocycles. The zero-order valence-corrected chi connectivity index (χ0v) is 13.0. The number of benzene rings is 1. The average Bonchev–Trinajstić information content (AvgIpc) is 2.22. The molecule has 0 heterocycles. The van der Waals surface area contributed by atoms with Crippen molar-refractivity contribution in [2.45, 2.75) is 24.3 Å². The highest BCUT2D eigenvalue weighted by molar-refractivity contribution is 14.2. The van der Waals surface area contributed by atoms with E-state index in [1.165, 1.54) is 13.0 Å². The smallest absolute Gasteiger partial charge is 0.375 e. The van der Waals surface area contributed by atoms with E-state index in [1.54, 1.807) is 13.0 Å². The van der Waals surface area contributed by atoms with E-state index in [0.717, 1.165) is 8.93 Å². The summed E-state index contributed by atoms with van der Waals surface area (Å²) in [7, 11) is -4.54. The number of rotatable bonds is 3. The monoisotopic (exact) mass is 412 g/mol. The molecule has 0 aliphatic carbocycles. The van der Waals surface area contributed by atoms with E-state index in [2.05, 4.69) is 4.18 Å². The van der Waals surface area contributed by atoms with E-state index < -0.39 is 15.6 Å². The fourth-order valence-electron chi connectivity index (χ4n) is 1.12. The largest absolute Gasteiger partial charge is 0.534 e. The summed E-state index contributed by atoms with van der Waals surface area (Å²) >= 11 is 1.85. The quantitative estimate of drug-likeness (QED) is 0.428. The summed E-state index contributed by atoms with van der Waals surface area (Å²) in [6, 6.07) is 3.19. The molecule has 0 aliphatic heterocycles. The average molecular weight is 412 g/mol. The minimum absolute atomic E-state index is 0.272. The molecule has 0 bridgehead atoms. The Balaban J connectivity index is 3.33. The van der Waals surface area contributed by atoms with Crippen molar-refractivity contribution in [1.29, 1.82) is 0 Å². The lowest BCUT2D eigenvalue weighted by atomic mass is 10.1. The Morgan fingerprint density at radius 3 is 2.17 bits per heavy atom.